The van der Waals surface area contributed by atoms with Crippen molar-refractivity contribution in [3.63, 3.8) is 0 Å². The molecule has 1 rings (SSSR count). The maximum absolute atomic E-state index is 10.3. The van der Waals surface area contributed by atoms with E-state index in [0.29, 0.717) is 12.2 Å². The summed E-state index contributed by atoms with van der Waals surface area (Å²) in [6.07, 6.45) is 1.30. The summed E-state index contributed by atoms with van der Waals surface area (Å²) in [5.41, 5.74) is 6.14. The van der Waals surface area contributed by atoms with E-state index in [2.05, 4.69) is 4.98 Å². The molecule has 0 aliphatic carbocycles. The van der Waals surface area contributed by atoms with Gasteiger partial charge in [-0.3, -0.25) is 4.98 Å². The first-order valence-corrected chi connectivity index (χ1v) is 3.12. The van der Waals surface area contributed by atoms with Crippen LogP contribution < -0.4 is 5.73 Å². The normalized spacial score (nSPS) is 8.75. The van der Waals surface area contributed by atoms with Crippen molar-refractivity contribution in [2.24, 2.45) is 5.73 Å². The Morgan fingerprint density at radius 2 is 2.25 bits per heavy atom. The Labute approximate surface area is 75.8 Å². The molecule has 1 heterocycles. The number of carboxylic acids is 1. The zero-order valence-corrected chi connectivity index (χ0v) is 7.04. The first kappa shape index (κ1) is 10.9. The third-order valence-electron chi connectivity index (χ3n) is 1.28. The van der Waals surface area contributed by atoms with E-state index < -0.39 is 5.97 Å². The zero-order chi connectivity index (χ0) is 8.27. The SMILES string of the molecule is Cl.NCc1ccc(C(=O)O)cn1. The lowest BCUT2D eigenvalue weighted by molar-refractivity contribution is 0.0696. The van der Waals surface area contributed by atoms with Crippen molar-refractivity contribution >= 4 is 18.4 Å². The van der Waals surface area contributed by atoms with E-state index in [1.54, 1.807) is 6.07 Å². The van der Waals surface area contributed by atoms with Gasteiger partial charge in [0.25, 0.3) is 0 Å². The number of pyridine rings is 1. The van der Waals surface area contributed by atoms with E-state index in [1.807, 2.05) is 0 Å². The molecule has 0 unspecified atom stereocenters. The van der Waals surface area contributed by atoms with Crippen LogP contribution in [0, 0.1) is 0 Å². The Bertz CT molecular complexity index is 261. The summed E-state index contributed by atoms with van der Waals surface area (Å²) in [7, 11) is 0. The van der Waals surface area contributed by atoms with Crippen LogP contribution in [0.15, 0.2) is 18.3 Å². The summed E-state index contributed by atoms with van der Waals surface area (Å²) in [5.74, 6) is -0.971. The molecular weight excluding hydrogens is 180 g/mol. The minimum Gasteiger partial charge on any atom is -0.478 e. The molecule has 0 amide bonds. The molecule has 0 fully saturated rings. The van der Waals surface area contributed by atoms with Crippen molar-refractivity contribution < 1.29 is 9.90 Å². The minimum atomic E-state index is -0.971. The van der Waals surface area contributed by atoms with Crippen LogP contribution in [0.2, 0.25) is 0 Å². The third-order valence-corrected chi connectivity index (χ3v) is 1.28. The summed E-state index contributed by atoms with van der Waals surface area (Å²) in [5, 5.41) is 8.48. The Balaban J connectivity index is 0.00000121. The molecule has 0 spiro atoms. The maximum Gasteiger partial charge on any atom is 0.337 e. The second kappa shape index (κ2) is 4.69. The zero-order valence-electron chi connectivity index (χ0n) is 6.23. The molecule has 12 heavy (non-hydrogen) atoms. The Morgan fingerprint density at radius 3 is 2.58 bits per heavy atom. The average Bonchev–Trinajstić information content (AvgIpc) is 2.05. The number of nitrogens with two attached hydrogens (primary N) is 1. The molecule has 3 N–H and O–H groups in total. The van der Waals surface area contributed by atoms with E-state index in [4.69, 9.17) is 10.8 Å². The molecule has 0 atom stereocenters. The molecular formula is C7H9ClN2O2. The van der Waals surface area contributed by atoms with E-state index >= 15 is 0 Å². The number of hydrogen-bond acceptors (Lipinski definition) is 3. The number of hydrogen-bond donors (Lipinski definition) is 2. The van der Waals surface area contributed by atoms with Crippen LogP contribution in [0.1, 0.15) is 16.1 Å². The van der Waals surface area contributed by atoms with Gasteiger partial charge >= 0.3 is 5.97 Å². The van der Waals surface area contributed by atoms with E-state index in [9.17, 15) is 4.79 Å². The van der Waals surface area contributed by atoms with Gasteiger partial charge in [0.2, 0.25) is 0 Å². The molecule has 1 aromatic rings. The lowest BCUT2D eigenvalue weighted by Crippen LogP contribution is -2.02. The molecule has 1 aromatic heterocycles. The third kappa shape index (κ3) is 2.48. The molecule has 0 saturated heterocycles. The van der Waals surface area contributed by atoms with Crippen LogP contribution in [0.3, 0.4) is 0 Å². The monoisotopic (exact) mass is 188 g/mol. The van der Waals surface area contributed by atoms with Crippen LogP contribution in [0.25, 0.3) is 0 Å². The number of nitrogens with zero attached hydrogens (tertiary/aromatic N) is 1. The molecule has 4 nitrogen and oxygen atoms in total. The number of aromatic carboxylic acids is 1. The number of aromatic nitrogens is 1. The van der Waals surface area contributed by atoms with Crippen molar-refractivity contribution in [3.05, 3.63) is 29.6 Å². The van der Waals surface area contributed by atoms with Gasteiger partial charge in [0.1, 0.15) is 0 Å². The first-order chi connectivity index (χ1) is 5.24. The fourth-order valence-corrected chi connectivity index (χ4v) is 0.672. The highest BCUT2D eigenvalue weighted by molar-refractivity contribution is 5.87. The van der Waals surface area contributed by atoms with Gasteiger partial charge in [0, 0.05) is 12.7 Å². The van der Waals surface area contributed by atoms with Crippen molar-refractivity contribution in [1.82, 2.24) is 4.98 Å². The van der Waals surface area contributed by atoms with Gasteiger partial charge in [-0.15, -0.1) is 12.4 Å². The average molecular weight is 189 g/mol. The van der Waals surface area contributed by atoms with Crippen molar-refractivity contribution in [3.8, 4) is 0 Å². The fraction of sp³-hybridized carbons (Fsp3) is 0.143. The van der Waals surface area contributed by atoms with E-state index in [1.165, 1.54) is 12.3 Å². The smallest absolute Gasteiger partial charge is 0.337 e. The highest BCUT2D eigenvalue weighted by Crippen LogP contribution is 1.98. The number of carboxylic acid groups (broad SMARTS) is 1. The molecule has 0 bridgehead atoms. The number of rotatable bonds is 2. The largest absolute Gasteiger partial charge is 0.478 e. The van der Waals surface area contributed by atoms with E-state index in [0.717, 1.165) is 0 Å². The molecule has 0 aliphatic rings. The number of halogens is 1. The molecule has 66 valence electrons. The summed E-state index contributed by atoms with van der Waals surface area (Å²) in [6.45, 7) is 0.333. The van der Waals surface area contributed by atoms with E-state index in [-0.39, 0.29) is 18.0 Å². The highest BCUT2D eigenvalue weighted by Gasteiger charge is 2.00. The van der Waals surface area contributed by atoms with Gasteiger partial charge in [0.05, 0.1) is 11.3 Å². The van der Waals surface area contributed by atoms with Crippen molar-refractivity contribution in [2.45, 2.75) is 6.54 Å². The minimum absolute atomic E-state index is 0. The second-order valence-electron chi connectivity index (χ2n) is 2.05. The predicted octanol–water partition coefficient (Wildman–Crippen LogP) is 0.660. The van der Waals surface area contributed by atoms with Gasteiger partial charge in [-0.25, -0.2) is 4.79 Å². The van der Waals surface area contributed by atoms with Gasteiger partial charge in [-0.2, -0.15) is 0 Å². The molecule has 5 heteroatoms. The first-order valence-electron chi connectivity index (χ1n) is 3.12. The summed E-state index contributed by atoms with van der Waals surface area (Å²) >= 11 is 0. The Kier molecular flexibility index (Phi) is 4.25. The number of carbonyl (C=O) groups is 1. The predicted molar refractivity (Wildman–Crippen MR) is 46.3 cm³/mol. The summed E-state index contributed by atoms with van der Waals surface area (Å²) in [6, 6.07) is 3.08. The summed E-state index contributed by atoms with van der Waals surface area (Å²) in [4.78, 5) is 14.1. The van der Waals surface area contributed by atoms with Crippen LogP contribution in [0.5, 0.6) is 0 Å². The summed E-state index contributed by atoms with van der Waals surface area (Å²) < 4.78 is 0. The van der Waals surface area contributed by atoms with Gasteiger partial charge in [-0.1, -0.05) is 0 Å². The van der Waals surface area contributed by atoms with Crippen molar-refractivity contribution in [1.29, 1.82) is 0 Å². The van der Waals surface area contributed by atoms with Crippen LogP contribution in [-0.4, -0.2) is 16.1 Å². The molecule has 0 saturated carbocycles. The quantitative estimate of drug-likeness (QED) is 0.715. The lowest BCUT2D eigenvalue weighted by Gasteiger charge is -1.95. The molecule has 0 radical (unpaired) electrons. The van der Waals surface area contributed by atoms with Gasteiger partial charge in [-0.05, 0) is 12.1 Å². The second-order valence-corrected chi connectivity index (χ2v) is 2.05. The fourth-order valence-electron chi connectivity index (χ4n) is 0.672. The standard InChI is InChI=1S/C7H8N2O2.ClH/c8-3-6-2-1-5(4-9-6)7(10)11;/h1-2,4H,3,8H2,(H,10,11);1H. The van der Waals surface area contributed by atoms with Crippen LogP contribution in [-0.2, 0) is 6.54 Å². The molecule has 0 aliphatic heterocycles. The molecule has 0 aromatic carbocycles. The van der Waals surface area contributed by atoms with Gasteiger partial charge < -0.3 is 10.8 Å². The van der Waals surface area contributed by atoms with Crippen molar-refractivity contribution in [2.75, 3.05) is 0 Å². The maximum atomic E-state index is 10.3. The Hall–Kier alpha value is -1.13. The van der Waals surface area contributed by atoms with Crippen LogP contribution >= 0.6 is 12.4 Å². The lowest BCUT2D eigenvalue weighted by atomic mass is 10.2. The topological polar surface area (TPSA) is 76.2 Å². The highest BCUT2D eigenvalue weighted by atomic mass is 35.5. The van der Waals surface area contributed by atoms with Crippen LogP contribution in [0.4, 0.5) is 0 Å². The Morgan fingerprint density at radius 1 is 1.58 bits per heavy atom. The van der Waals surface area contributed by atoms with Gasteiger partial charge in [0.15, 0.2) is 0 Å².